The molecule has 0 aromatic carbocycles. The van der Waals surface area contributed by atoms with Crippen LogP contribution in [-0.2, 0) is 16.0 Å². The van der Waals surface area contributed by atoms with Crippen LogP contribution >= 0.6 is 0 Å². The van der Waals surface area contributed by atoms with Crippen LogP contribution in [0.25, 0.3) is 0 Å². The van der Waals surface area contributed by atoms with E-state index in [0.717, 1.165) is 62.9 Å². The maximum absolute atomic E-state index is 13.4. The minimum atomic E-state index is -0.444. The van der Waals surface area contributed by atoms with Crippen LogP contribution in [0.1, 0.15) is 96.1 Å². The van der Waals surface area contributed by atoms with Crippen LogP contribution in [0.2, 0.25) is 0 Å². The minimum absolute atomic E-state index is 0.0170. The van der Waals surface area contributed by atoms with E-state index in [1.54, 1.807) is 13.0 Å². The molecule has 32 heavy (non-hydrogen) atoms. The number of esters is 1. The first-order valence-electron chi connectivity index (χ1n) is 11.8. The van der Waals surface area contributed by atoms with Crippen LogP contribution in [0.15, 0.2) is 24.5 Å². The Morgan fingerprint density at radius 2 is 2.06 bits per heavy atom. The van der Waals surface area contributed by atoms with Gasteiger partial charge >= 0.3 is 5.97 Å². The standard InChI is InChI=1S/C24H30N4O4/c1-2-31-24(30)16-13-18-19(25-14-16)15-27(23(18)29)20-8-4-3-7-17(20)21-10-11-26-28(21)22-9-5-6-12-32-22/h10-11,13-14,17,20,22H,2-9,12,15H2,1H3. The van der Waals surface area contributed by atoms with Gasteiger partial charge in [-0.3, -0.25) is 9.78 Å². The molecule has 8 nitrogen and oxygen atoms in total. The molecule has 4 heterocycles. The average molecular weight is 439 g/mol. The molecule has 2 aromatic heterocycles. The number of hydrogen-bond donors (Lipinski definition) is 0. The van der Waals surface area contributed by atoms with E-state index >= 15 is 0 Å². The van der Waals surface area contributed by atoms with Gasteiger partial charge in [0.05, 0.1) is 30.0 Å². The van der Waals surface area contributed by atoms with E-state index in [1.165, 1.54) is 6.20 Å². The third-order valence-corrected chi connectivity index (χ3v) is 6.93. The zero-order valence-electron chi connectivity index (χ0n) is 18.5. The van der Waals surface area contributed by atoms with Crippen LogP contribution in [0.4, 0.5) is 0 Å². The first-order chi connectivity index (χ1) is 15.7. The molecule has 3 unspecified atom stereocenters. The van der Waals surface area contributed by atoms with E-state index < -0.39 is 5.97 Å². The van der Waals surface area contributed by atoms with E-state index in [9.17, 15) is 9.59 Å². The van der Waals surface area contributed by atoms with E-state index in [0.29, 0.717) is 17.7 Å². The minimum Gasteiger partial charge on any atom is -0.462 e. The molecule has 2 fully saturated rings. The summed E-state index contributed by atoms with van der Waals surface area (Å²) >= 11 is 0. The molecule has 1 aliphatic carbocycles. The second kappa shape index (κ2) is 9.02. The number of pyridine rings is 1. The Kier molecular flexibility index (Phi) is 5.95. The highest BCUT2D eigenvalue weighted by Crippen LogP contribution is 2.40. The lowest BCUT2D eigenvalue weighted by atomic mass is 9.81. The fourth-order valence-corrected chi connectivity index (χ4v) is 5.39. The number of ether oxygens (including phenoxy) is 2. The molecule has 1 amide bonds. The second-order valence-corrected chi connectivity index (χ2v) is 8.85. The monoisotopic (exact) mass is 438 g/mol. The molecular formula is C24H30N4O4. The average Bonchev–Trinajstić information content (AvgIpc) is 3.44. The van der Waals surface area contributed by atoms with Crippen molar-refractivity contribution >= 4 is 11.9 Å². The van der Waals surface area contributed by atoms with E-state index in [4.69, 9.17) is 9.47 Å². The molecule has 0 radical (unpaired) electrons. The summed E-state index contributed by atoms with van der Waals surface area (Å²) in [6.07, 6.45) is 10.8. The Bertz CT molecular complexity index is 998. The maximum atomic E-state index is 13.4. The van der Waals surface area contributed by atoms with E-state index in [1.807, 2.05) is 15.8 Å². The predicted molar refractivity (Wildman–Crippen MR) is 116 cm³/mol. The van der Waals surface area contributed by atoms with Gasteiger partial charge in [-0.15, -0.1) is 0 Å². The van der Waals surface area contributed by atoms with Crippen molar-refractivity contribution in [2.75, 3.05) is 13.2 Å². The van der Waals surface area contributed by atoms with Gasteiger partial charge in [-0.25, -0.2) is 9.48 Å². The zero-order valence-corrected chi connectivity index (χ0v) is 18.5. The first kappa shape index (κ1) is 21.1. The largest absolute Gasteiger partial charge is 0.462 e. The van der Waals surface area contributed by atoms with Gasteiger partial charge in [0.1, 0.15) is 6.23 Å². The predicted octanol–water partition coefficient (Wildman–Crippen LogP) is 3.84. The van der Waals surface area contributed by atoms with Crippen molar-refractivity contribution in [2.45, 2.75) is 76.6 Å². The number of fused-ring (bicyclic) bond motifs is 1. The van der Waals surface area contributed by atoms with Crippen molar-refractivity contribution in [3.8, 4) is 0 Å². The summed E-state index contributed by atoms with van der Waals surface area (Å²) in [5.41, 5.74) is 2.74. The highest BCUT2D eigenvalue weighted by Gasteiger charge is 2.41. The Hall–Kier alpha value is -2.74. The molecule has 0 spiro atoms. The molecule has 1 saturated heterocycles. The number of hydrogen-bond acceptors (Lipinski definition) is 6. The Balaban J connectivity index is 1.41. The summed E-state index contributed by atoms with van der Waals surface area (Å²) in [4.78, 5) is 31.9. The highest BCUT2D eigenvalue weighted by molar-refractivity contribution is 6.00. The van der Waals surface area contributed by atoms with Gasteiger partial charge in [-0.2, -0.15) is 5.10 Å². The lowest BCUT2D eigenvalue weighted by Gasteiger charge is -2.39. The summed E-state index contributed by atoms with van der Waals surface area (Å²) < 4.78 is 13.1. The van der Waals surface area contributed by atoms with Gasteiger partial charge in [0.2, 0.25) is 0 Å². The molecule has 1 saturated carbocycles. The number of amides is 1. The van der Waals surface area contributed by atoms with Gasteiger partial charge in [0.15, 0.2) is 0 Å². The fraction of sp³-hybridized carbons (Fsp3) is 0.583. The topological polar surface area (TPSA) is 86.5 Å². The molecule has 3 aliphatic rings. The zero-order chi connectivity index (χ0) is 22.1. The van der Waals surface area contributed by atoms with E-state index in [2.05, 4.69) is 16.1 Å². The van der Waals surface area contributed by atoms with Crippen LogP contribution < -0.4 is 0 Å². The number of carbonyl (C=O) groups excluding carboxylic acids is 2. The lowest BCUT2D eigenvalue weighted by Crippen LogP contribution is -2.42. The smallest absolute Gasteiger partial charge is 0.339 e. The molecule has 5 rings (SSSR count). The van der Waals surface area contributed by atoms with Crippen LogP contribution in [0.3, 0.4) is 0 Å². The summed E-state index contributed by atoms with van der Waals surface area (Å²) in [5, 5.41) is 4.61. The normalized spacial score (nSPS) is 25.6. The molecule has 2 aromatic rings. The third kappa shape index (κ3) is 3.81. The van der Waals surface area contributed by atoms with Crippen molar-refractivity contribution in [2.24, 2.45) is 0 Å². The Labute approximate surface area is 187 Å². The van der Waals surface area contributed by atoms with Gasteiger partial charge in [-0.05, 0) is 51.2 Å². The summed E-state index contributed by atoms with van der Waals surface area (Å²) in [6.45, 7) is 3.30. The van der Waals surface area contributed by atoms with Crippen molar-refractivity contribution < 1.29 is 19.1 Å². The molecule has 170 valence electrons. The Morgan fingerprint density at radius 3 is 2.88 bits per heavy atom. The summed E-state index contributed by atoms with van der Waals surface area (Å²) in [5.74, 6) is -0.281. The number of aromatic nitrogens is 3. The van der Waals surface area contributed by atoms with Gasteiger partial charge in [0.25, 0.3) is 5.91 Å². The number of carbonyl (C=O) groups is 2. The highest BCUT2D eigenvalue weighted by atomic mass is 16.5. The summed E-state index contributed by atoms with van der Waals surface area (Å²) in [6, 6.07) is 3.81. The quantitative estimate of drug-likeness (QED) is 0.660. The summed E-state index contributed by atoms with van der Waals surface area (Å²) in [7, 11) is 0. The molecular weight excluding hydrogens is 408 g/mol. The van der Waals surface area contributed by atoms with Crippen molar-refractivity contribution in [1.29, 1.82) is 0 Å². The van der Waals surface area contributed by atoms with E-state index in [-0.39, 0.29) is 30.7 Å². The first-order valence-corrected chi connectivity index (χ1v) is 11.8. The van der Waals surface area contributed by atoms with Crippen molar-refractivity contribution in [3.05, 3.63) is 47.0 Å². The number of nitrogens with zero attached hydrogens (tertiary/aromatic N) is 4. The SMILES string of the molecule is CCOC(=O)c1cnc2c(c1)C(=O)N(C1CCCCC1c1ccnn1C1CCCCO1)C2. The molecule has 0 N–H and O–H groups in total. The van der Waals surface area contributed by atoms with Crippen LogP contribution in [0, 0.1) is 0 Å². The number of rotatable bonds is 5. The van der Waals surface area contributed by atoms with Gasteiger partial charge in [-0.1, -0.05) is 12.8 Å². The third-order valence-electron chi connectivity index (χ3n) is 6.93. The maximum Gasteiger partial charge on any atom is 0.339 e. The molecule has 3 atom stereocenters. The molecule has 8 heteroatoms. The fourth-order valence-electron chi connectivity index (χ4n) is 5.39. The van der Waals surface area contributed by atoms with Crippen molar-refractivity contribution in [1.82, 2.24) is 19.7 Å². The lowest BCUT2D eigenvalue weighted by molar-refractivity contribution is -0.0426. The second-order valence-electron chi connectivity index (χ2n) is 8.85. The molecule has 2 aliphatic heterocycles. The van der Waals surface area contributed by atoms with Crippen LogP contribution in [0.5, 0.6) is 0 Å². The van der Waals surface area contributed by atoms with Crippen LogP contribution in [-0.4, -0.2) is 50.8 Å². The Morgan fingerprint density at radius 1 is 1.22 bits per heavy atom. The molecule has 0 bridgehead atoms. The van der Waals surface area contributed by atoms with Gasteiger partial charge < -0.3 is 14.4 Å². The van der Waals surface area contributed by atoms with Gasteiger partial charge in [0, 0.05) is 36.7 Å². The van der Waals surface area contributed by atoms with Crippen molar-refractivity contribution in [3.63, 3.8) is 0 Å².